The second-order valence-corrected chi connectivity index (χ2v) is 5.55. The highest BCUT2D eigenvalue weighted by Crippen LogP contribution is 2.19. The summed E-state index contributed by atoms with van der Waals surface area (Å²) in [5.74, 6) is -0.137. The maximum atomic E-state index is 11.8. The summed E-state index contributed by atoms with van der Waals surface area (Å²) in [5.41, 5.74) is -0.502. The number of amides is 1. The largest absolute Gasteiger partial charge is 0.444 e. The fourth-order valence-corrected chi connectivity index (χ4v) is 1.87. The van der Waals surface area contributed by atoms with Gasteiger partial charge in [0.15, 0.2) is 0 Å². The standard InChI is InChI=1S/C12H23NO4/c1-12(2,3)17-11(16)13-6-4-9(8-14)10(15)5-7-13/h9-10,14-15H,4-8H2,1-3H3/t9-,10+/m1/s1. The first-order valence-corrected chi connectivity index (χ1v) is 6.10. The van der Waals surface area contributed by atoms with Gasteiger partial charge in [-0.3, -0.25) is 0 Å². The first-order valence-electron chi connectivity index (χ1n) is 6.10. The van der Waals surface area contributed by atoms with Crippen LogP contribution >= 0.6 is 0 Å². The number of hydrogen-bond acceptors (Lipinski definition) is 4. The SMILES string of the molecule is CC(C)(C)OC(=O)N1CC[C@H](CO)[C@@H](O)CC1. The summed E-state index contributed by atoms with van der Waals surface area (Å²) in [5, 5.41) is 18.8. The predicted molar refractivity (Wildman–Crippen MR) is 63.6 cm³/mol. The molecule has 0 aromatic carbocycles. The van der Waals surface area contributed by atoms with Gasteiger partial charge < -0.3 is 19.8 Å². The summed E-state index contributed by atoms with van der Waals surface area (Å²) in [6.07, 6.45) is 0.220. The third-order valence-electron chi connectivity index (χ3n) is 2.89. The van der Waals surface area contributed by atoms with Crippen LogP contribution in [0.1, 0.15) is 33.6 Å². The normalized spacial score (nSPS) is 26.5. The molecule has 0 unspecified atom stereocenters. The van der Waals surface area contributed by atoms with Crippen molar-refractivity contribution in [2.45, 2.75) is 45.3 Å². The number of rotatable bonds is 1. The average Bonchev–Trinajstić information content (AvgIpc) is 2.37. The predicted octanol–water partition coefficient (Wildman–Crippen LogP) is 0.987. The number of likely N-dealkylation sites (tertiary alicyclic amines) is 1. The first-order chi connectivity index (χ1) is 7.83. The first kappa shape index (κ1) is 14.3. The van der Waals surface area contributed by atoms with E-state index in [2.05, 4.69) is 0 Å². The van der Waals surface area contributed by atoms with Crippen LogP contribution in [0.25, 0.3) is 0 Å². The van der Waals surface area contributed by atoms with E-state index < -0.39 is 11.7 Å². The Labute approximate surface area is 102 Å². The Balaban J connectivity index is 2.53. The van der Waals surface area contributed by atoms with Gasteiger partial charge in [0.05, 0.1) is 6.10 Å². The van der Waals surface area contributed by atoms with Gasteiger partial charge in [-0.1, -0.05) is 0 Å². The van der Waals surface area contributed by atoms with Crippen LogP contribution in [0.2, 0.25) is 0 Å². The lowest BCUT2D eigenvalue weighted by Crippen LogP contribution is -2.37. The van der Waals surface area contributed by atoms with E-state index in [1.807, 2.05) is 20.8 Å². The topological polar surface area (TPSA) is 70.0 Å². The third kappa shape index (κ3) is 4.52. The quantitative estimate of drug-likeness (QED) is 0.722. The van der Waals surface area contributed by atoms with Crippen LogP contribution in [0, 0.1) is 5.92 Å². The fourth-order valence-electron chi connectivity index (χ4n) is 1.87. The Morgan fingerprint density at radius 2 is 1.94 bits per heavy atom. The van der Waals surface area contributed by atoms with Gasteiger partial charge in [0.2, 0.25) is 0 Å². The number of nitrogens with zero attached hydrogens (tertiary/aromatic N) is 1. The minimum atomic E-state index is -0.535. The highest BCUT2D eigenvalue weighted by atomic mass is 16.6. The van der Waals surface area contributed by atoms with E-state index in [0.29, 0.717) is 25.9 Å². The molecule has 2 N–H and O–H groups in total. The highest BCUT2D eigenvalue weighted by Gasteiger charge is 2.28. The van der Waals surface area contributed by atoms with Crippen molar-refractivity contribution in [2.24, 2.45) is 5.92 Å². The van der Waals surface area contributed by atoms with Crippen LogP contribution in [0.15, 0.2) is 0 Å². The molecular formula is C12H23NO4. The van der Waals surface area contributed by atoms with Gasteiger partial charge in [0.25, 0.3) is 0 Å². The monoisotopic (exact) mass is 245 g/mol. The molecule has 0 spiro atoms. The summed E-state index contributed by atoms with van der Waals surface area (Å²) in [4.78, 5) is 13.4. The van der Waals surface area contributed by atoms with Crippen molar-refractivity contribution in [3.8, 4) is 0 Å². The van der Waals surface area contributed by atoms with Crippen LogP contribution in [-0.4, -0.2) is 52.6 Å². The molecule has 0 saturated carbocycles. The van der Waals surface area contributed by atoms with E-state index in [1.54, 1.807) is 4.90 Å². The molecule has 1 heterocycles. The summed E-state index contributed by atoms with van der Waals surface area (Å²) in [6, 6.07) is 0. The van der Waals surface area contributed by atoms with Crippen LogP contribution in [0.3, 0.4) is 0 Å². The van der Waals surface area contributed by atoms with Gasteiger partial charge in [0, 0.05) is 25.6 Å². The molecule has 100 valence electrons. The van der Waals surface area contributed by atoms with E-state index in [1.165, 1.54) is 0 Å². The van der Waals surface area contributed by atoms with Crippen LogP contribution in [0.5, 0.6) is 0 Å². The van der Waals surface area contributed by atoms with E-state index in [0.717, 1.165) is 0 Å². The summed E-state index contributed by atoms with van der Waals surface area (Å²) in [6.45, 7) is 6.45. The summed E-state index contributed by atoms with van der Waals surface area (Å²) in [7, 11) is 0. The fraction of sp³-hybridized carbons (Fsp3) is 0.917. The molecule has 2 atom stereocenters. The number of aliphatic hydroxyl groups excluding tert-OH is 2. The van der Waals surface area contributed by atoms with Crippen molar-refractivity contribution in [1.82, 2.24) is 4.90 Å². The number of aliphatic hydroxyl groups is 2. The Bertz CT molecular complexity index is 262. The van der Waals surface area contributed by atoms with Gasteiger partial charge in [-0.05, 0) is 33.6 Å². The van der Waals surface area contributed by atoms with Crippen molar-refractivity contribution in [2.75, 3.05) is 19.7 Å². The minimum absolute atomic E-state index is 0.0384. The van der Waals surface area contributed by atoms with Crippen molar-refractivity contribution >= 4 is 6.09 Å². The minimum Gasteiger partial charge on any atom is -0.444 e. The van der Waals surface area contributed by atoms with Gasteiger partial charge in [-0.2, -0.15) is 0 Å². The number of carbonyl (C=O) groups is 1. The van der Waals surface area contributed by atoms with Crippen LogP contribution < -0.4 is 0 Å². The Hall–Kier alpha value is -0.810. The zero-order valence-corrected chi connectivity index (χ0v) is 10.8. The zero-order chi connectivity index (χ0) is 13.1. The molecule has 17 heavy (non-hydrogen) atoms. The van der Waals surface area contributed by atoms with E-state index in [9.17, 15) is 9.90 Å². The lowest BCUT2D eigenvalue weighted by atomic mass is 9.99. The molecule has 1 amide bonds. The molecule has 1 rings (SSSR count). The second-order valence-electron chi connectivity index (χ2n) is 5.55. The van der Waals surface area contributed by atoms with Crippen molar-refractivity contribution < 1.29 is 19.7 Å². The Kier molecular flexibility index (Phi) is 4.77. The van der Waals surface area contributed by atoms with Gasteiger partial charge in [0.1, 0.15) is 5.60 Å². The lowest BCUT2D eigenvalue weighted by molar-refractivity contribution is 0.0251. The van der Waals surface area contributed by atoms with Gasteiger partial charge >= 0.3 is 6.09 Å². The molecule has 1 aliphatic heterocycles. The molecular weight excluding hydrogens is 222 g/mol. The molecule has 1 saturated heterocycles. The summed E-state index contributed by atoms with van der Waals surface area (Å²) >= 11 is 0. The molecule has 1 aliphatic rings. The summed E-state index contributed by atoms with van der Waals surface area (Å²) < 4.78 is 5.28. The maximum Gasteiger partial charge on any atom is 0.410 e. The number of carbonyl (C=O) groups excluding carboxylic acids is 1. The molecule has 0 radical (unpaired) electrons. The second kappa shape index (κ2) is 5.69. The van der Waals surface area contributed by atoms with E-state index in [-0.39, 0.29) is 18.6 Å². The van der Waals surface area contributed by atoms with Crippen molar-refractivity contribution in [3.63, 3.8) is 0 Å². The molecule has 0 aliphatic carbocycles. The third-order valence-corrected chi connectivity index (χ3v) is 2.89. The van der Waals surface area contributed by atoms with E-state index >= 15 is 0 Å². The van der Waals surface area contributed by atoms with Crippen molar-refractivity contribution in [3.05, 3.63) is 0 Å². The maximum absolute atomic E-state index is 11.8. The van der Waals surface area contributed by atoms with Crippen LogP contribution in [-0.2, 0) is 4.74 Å². The average molecular weight is 245 g/mol. The Morgan fingerprint density at radius 1 is 1.35 bits per heavy atom. The van der Waals surface area contributed by atoms with Gasteiger partial charge in [-0.25, -0.2) is 4.79 Å². The smallest absolute Gasteiger partial charge is 0.410 e. The molecule has 0 bridgehead atoms. The molecule has 0 aromatic rings. The molecule has 5 heteroatoms. The molecule has 5 nitrogen and oxygen atoms in total. The highest BCUT2D eigenvalue weighted by molar-refractivity contribution is 5.68. The molecule has 1 fully saturated rings. The Morgan fingerprint density at radius 3 is 2.47 bits per heavy atom. The lowest BCUT2D eigenvalue weighted by Gasteiger charge is -2.26. The molecule has 0 aromatic heterocycles. The zero-order valence-electron chi connectivity index (χ0n) is 10.8. The van der Waals surface area contributed by atoms with Gasteiger partial charge in [-0.15, -0.1) is 0 Å². The number of hydrogen-bond donors (Lipinski definition) is 2. The number of ether oxygens (including phenoxy) is 1. The van der Waals surface area contributed by atoms with Crippen LogP contribution in [0.4, 0.5) is 4.79 Å². The van der Waals surface area contributed by atoms with Crippen molar-refractivity contribution in [1.29, 1.82) is 0 Å². The van der Waals surface area contributed by atoms with E-state index in [4.69, 9.17) is 9.84 Å².